The van der Waals surface area contributed by atoms with Crippen LogP contribution < -0.4 is 63.9 Å². The average Bonchev–Trinajstić information content (AvgIpc) is 4.00. The van der Waals surface area contributed by atoms with Gasteiger partial charge in [-0.2, -0.15) is 0 Å². The van der Waals surface area contributed by atoms with Crippen LogP contribution in [0.4, 0.5) is 0 Å². The first-order valence-corrected chi connectivity index (χ1v) is 17.2. The van der Waals surface area contributed by atoms with Crippen LogP contribution in [0, 0.1) is 25.2 Å². The Bertz CT molecular complexity index is 1500. The standard InChI is InChI=1S/C11H13NO4.C11H15NO3.C7H9NO3.C4H7Br.CH4O3.CH3.Na/c1-15-10-5-12-8(11(13)14)4-9(10)16-6-7-2-3-7;1-14-11-5-12-9(6-13)4-10(11)15-7-8-2-3-8;1-11-7-3-8-5(4-9)2-6(7)10;5-3-4-1-2-4;1-3-4-2;;/h4-5,7H,2-3,6H2,1H3,(H,13,14);4-5,8,13H,2-3,6-7H2,1H3;2-3,9H,4H2,1H3,(H,8,10);4H,1-3H2;2H,1H3;1H3;/q;;;;;-1;+1/p-1. The molecule has 0 spiro atoms. The van der Waals surface area contributed by atoms with E-state index in [2.05, 4.69) is 40.8 Å². The summed E-state index contributed by atoms with van der Waals surface area (Å²) >= 11 is 3.38. The van der Waals surface area contributed by atoms with Crippen LogP contribution in [-0.2, 0) is 23.1 Å². The zero-order valence-corrected chi connectivity index (χ0v) is 34.8. The predicted molar refractivity (Wildman–Crippen MR) is 191 cm³/mol. The second kappa shape index (κ2) is 28.4. The summed E-state index contributed by atoms with van der Waals surface area (Å²) in [5, 5.41) is 39.0. The largest absolute Gasteiger partial charge is 1.00 e. The summed E-state index contributed by atoms with van der Waals surface area (Å²) in [6.07, 6.45) is 12.2. The number of hydrogen-bond acceptors (Lipinski definition) is 14. The van der Waals surface area contributed by atoms with E-state index in [-0.39, 0.29) is 67.1 Å². The number of nitrogens with zero attached hydrogens (tertiary/aromatic N) is 2. The minimum atomic E-state index is -1.07. The molecule has 3 aliphatic carbocycles. The normalized spacial score (nSPS) is 13.4. The van der Waals surface area contributed by atoms with Gasteiger partial charge in [0.2, 0.25) is 5.43 Å². The molecule has 0 radical (unpaired) electrons. The molecular formula is C35H50BrN3NaO13-. The topological polar surface area (TPSA) is 224 Å². The molecule has 3 aromatic rings. The van der Waals surface area contributed by atoms with E-state index in [4.69, 9.17) is 44.3 Å². The average molecular weight is 824 g/mol. The van der Waals surface area contributed by atoms with Crippen molar-refractivity contribution in [2.24, 2.45) is 17.8 Å². The second-order valence-electron chi connectivity index (χ2n) is 11.4. The molecule has 6 rings (SSSR count). The van der Waals surface area contributed by atoms with Gasteiger partial charge in [0.05, 0.1) is 73.0 Å². The number of carboxylic acid groups (broad SMARTS) is 1. The zero-order chi connectivity index (χ0) is 37.6. The number of aliphatic hydroxyl groups excluding tert-OH is 2. The zero-order valence-electron chi connectivity index (χ0n) is 31.2. The van der Waals surface area contributed by atoms with Crippen molar-refractivity contribution in [2.75, 3.05) is 47.0 Å². The molecule has 3 saturated carbocycles. The number of ether oxygens (including phenoxy) is 5. The molecule has 0 bridgehead atoms. The van der Waals surface area contributed by atoms with E-state index in [1.54, 1.807) is 19.4 Å². The van der Waals surface area contributed by atoms with E-state index >= 15 is 0 Å². The number of alkyl halides is 1. The molecule has 0 saturated heterocycles. The molecule has 0 aliphatic heterocycles. The third-order valence-corrected chi connectivity index (χ3v) is 8.11. The fourth-order valence-corrected chi connectivity index (χ4v) is 4.28. The Hall–Kier alpha value is -3.00. The van der Waals surface area contributed by atoms with Crippen molar-refractivity contribution >= 4 is 21.9 Å². The molecular weight excluding hydrogens is 773 g/mol. The summed E-state index contributed by atoms with van der Waals surface area (Å²) in [6.45, 7) is 1.09. The molecule has 3 fully saturated rings. The monoisotopic (exact) mass is 822 g/mol. The van der Waals surface area contributed by atoms with Gasteiger partial charge in [-0.15, -0.1) is 0 Å². The molecule has 4 N–H and O–H groups in total. The fourth-order valence-electron chi connectivity index (χ4n) is 3.63. The van der Waals surface area contributed by atoms with Crippen LogP contribution in [0.15, 0.2) is 41.6 Å². The van der Waals surface area contributed by atoms with Crippen LogP contribution in [0.1, 0.15) is 60.4 Å². The number of hydrogen-bond donors (Lipinski definition) is 4. The van der Waals surface area contributed by atoms with E-state index in [0.29, 0.717) is 52.8 Å². The van der Waals surface area contributed by atoms with E-state index in [1.807, 2.05) is 0 Å². The first-order valence-electron chi connectivity index (χ1n) is 16.1. The predicted octanol–water partition coefficient (Wildman–Crippen LogP) is 0.910. The SMILES string of the molecule is BrCC1CC1.COO[O-].COc1c[nH]c(CO)cc1=O.COc1cnc(C(=O)O)cc1OCC1CC1.COc1cnc(CO)cc1OCC1CC1.[CH3-].[Na+]. The Morgan fingerprint density at radius 1 is 0.811 bits per heavy atom. The third-order valence-electron chi connectivity index (χ3n) is 7.19. The number of aromatic amines is 1. The number of rotatable bonds is 14. The smallest absolute Gasteiger partial charge is 0.692 e. The summed E-state index contributed by atoms with van der Waals surface area (Å²) in [4.78, 5) is 35.7. The van der Waals surface area contributed by atoms with E-state index < -0.39 is 5.97 Å². The van der Waals surface area contributed by atoms with E-state index in [0.717, 1.165) is 19.6 Å². The Balaban J connectivity index is 0.000000680. The van der Waals surface area contributed by atoms with Crippen LogP contribution in [-0.4, -0.2) is 83.2 Å². The van der Waals surface area contributed by atoms with Crippen molar-refractivity contribution in [3.63, 3.8) is 0 Å². The van der Waals surface area contributed by atoms with Crippen molar-refractivity contribution < 1.29 is 88.5 Å². The van der Waals surface area contributed by atoms with Crippen LogP contribution >= 0.6 is 15.9 Å². The fraction of sp³-hybridized carbons (Fsp3) is 0.514. The summed E-state index contributed by atoms with van der Waals surface area (Å²) < 4.78 is 26.0. The Kier molecular flexibility index (Phi) is 26.8. The van der Waals surface area contributed by atoms with Crippen molar-refractivity contribution in [3.05, 3.63) is 71.5 Å². The number of aliphatic hydroxyl groups is 2. The van der Waals surface area contributed by atoms with Crippen molar-refractivity contribution in [1.82, 2.24) is 15.0 Å². The maximum Gasteiger partial charge on any atom is 1.00 e. The summed E-state index contributed by atoms with van der Waals surface area (Å²) in [6, 6.07) is 4.42. The van der Waals surface area contributed by atoms with Crippen LogP contribution in [0.3, 0.4) is 0 Å². The Morgan fingerprint density at radius 2 is 1.30 bits per heavy atom. The molecule has 0 unspecified atom stereocenters. The molecule has 3 heterocycles. The number of nitrogens with one attached hydrogen (secondary N) is 1. The number of H-pyrrole nitrogens is 1. The van der Waals surface area contributed by atoms with Crippen LogP contribution in [0.2, 0.25) is 0 Å². The number of carboxylic acids is 1. The summed E-state index contributed by atoms with van der Waals surface area (Å²) in [7, 11) is 5.65. The van der Waals surface area contributed by atoms with E-state index in [1.165, 1.54) is 82.6 Å². The number of carbonyl (C=O) groups is 1. The number of pyridine rings is 3. The minimum absolute atomic E-state index is 0. The molecule has 16 nitrogen and oxygen atoms in total. The molecule has 53 heavy (non-hydrogen) atoms. The first kappa shape index (κ1) is 50.0. The van der Waals surface area contributed by atoms with Crippen molar-refractivity contribution in [2.45, 2.75) is 51.7 Å². The molecule has 18 heteroatoms. The van der Waals surface area contributed by atoms with E-state index in [9.17, 15) is 9.59 Å². The number of aromatic nitrogens is 3. The minimum Gasteiger partial charge on any atom is -0.692 e. The van der Waals surface area contributed by atoms with Gasteiger partial charge in [-0.05, 0) is 56.3 Å². The van der Waals surface area contributed by atoms with Gasteiger partial charge < -0.3 is 56.7 Å². The summed E-state index contributed by atoms with van der Waals surface area (Å²) in [5.41, 5.74) is 0.819. The van der Waals surface area contributed by atoms with Crippen LogP contribution in [0.25, 0.3) is 0 Å². The first-order chi connectivity index (χ1) is 24.7. The van der Waals surface area contributed by atoms with Crippen molar-refractivity contribution in [3.8, 4) is 28.7 Å². The Labute approximate surface area is 340 Å². The molecule has 0 atom stereocenters. The van der Waals surface area contributed by atoms with Crippen LogP contribution in [0.5, 0.6) is 28.7 Å². The van der Waals surface area contributed by atoms with Gasteiger partial charge in [0.15, 0.2) is 34.4 Å². The van der Waals surface area contributed by atoms with Gasteiger partial charge in [-0.3, -0.25) is 14.8 Å². The van der Waals surface area contributed by atoms with Gasteiger partial charge >= 0.3 is 35.5 Å². The molecule has 3 aromatic heterocycles. The maximum atomic E-state index is 11.0. The Morgan fingerprint density at radius 3 is 1.66 bits per heavy atom. The van der Waals surface area contributed by atoms with Gasteiger partial charge in [0.25, 0.3) is 0 Å². The number of halogens is 1. The van der Waals surface area contributed by atoms with Gasteiger partial charge in [-0.1, -0.05) is 15.9 Å². The quantitative estimate of drug-likeness (QED) is 0.0583. The molecule has 3 aliphatic rings. The molecule has 292 valence electrons. The number of aromatic carboxylic acids is 1. The maximum absolute atomic E-state index is 11.0. The van der Waals surface area contributed by atoms with Gasteiger partial charge in [-0.25, -0.2) is 14.7 Å². The third kappa shape index (κ3) is 20.9. The van der Waals surface area contributed by atoms with Gasteiger partial charge in [0.1, 0.15) is 0 Å². The van der Waals surface area contributed by atoms with Crippen molar-refractivity contribution in [1.29, 1.82) is 0 Å². The number of methoxy groups -OCH3 is 3. The summed E-state index contributed by atoms with van der Waals surface area (Å²) in [5.74, 6) is 3.73. The molecule has 0 amide bonds. The second-order valence-corrected chi connectivity index (χ2v) is 12.0. The molecule has 0 aromatic carbocycles. The van der Waals surface area contributed by atoms with Gasteiger partial charge in [0, 0.05) is 35.4 Å².